The van der Waals surface area contributed by atoms with Crippen molar-refractivity contribution >= 4 is 23.7 Å². The van der Waals surface area contributed by atoms with Crippen LogP contribution < -0.4 is 16.0 Å². The Labute approximate surface area is 184 Å². The second kappa shape index (κ2) is 10.2. The van der Waals surface area contributed by atoms with Crippen molar-refractivity contribution in [3.05, 3.63) is 71.3 Å². The minimum atomic E-state index is -1.29. The van der Waals surface area contributed by atoms with Crippen LogP contribution in [0, 0.1) is 11.3 Å². The number of piperazine rings is 1. The molecule has 4 N–H and O–H groups in total. The van der Waals surface area contributed by atoms with Crippen molar-refractivity contribution in [3.63, 3.8) is 0 Å². The van der Waals surface area contributed by atoms with Gasteiger partial charge >= 0.3 is 5.97 Å². The first-order valence-corrected chi connectivity index (χ1v) is 10.0. The first-order valence-electron chi connectivity index (χ1n) is 10.0. The molecule has 3 atom stereocenters. The van der Waals surface area contributed by atoms with E-state index in [9.17, 15) is 24.3 Å². The van der Waals surface area contributed by atoms with Crippen LogP contribution in [0.4, 0.5) is 0 Å². The number of rotatable bonds is 8. The Balaban J connectivity index is 1.58. The van der Waals surface area contributed by atoms with Crippen molar-refractivity contribution in [1.29, 1.82) is 5.26 Å². The van der Waals surface area contributed by atoms with E-state index in [-0.39, 0.29) is 6.42 Å². The van der Waals surface area contributed by atoms with Gasteiger partial charge in [-0.05, 0) is 17.2 Å². The van der Waals surface area contributed by atoms with E-state index in [0.29, 0.717) is 17.5 Å². The minimum Gasteiger partial charge on any atom is -0.480 e. The molecule has 1 aliphatic rings. The van der Waals surface area contributed by atoms with Gasteiger partial charge in [0.05, 0.1) is 18.1 Å². The first kappa shape index (κ1) is 22.5. The summed E-state index contributed by atoms with van der Waals surface area (Å²) in [6, 6.07) is 14.5. The molecular formula is C23H22N4O5. The zero-order valence-electron chi connectivity index (χ0n) is 17.1. The highest BCUT2D eigenvalue weighted by molar-refractivity contribution is 5.99. The fourth-order valence-electron chi connectivity index (χ4n) is 3.48. The van der Waals surface area contributed by atoms with Gasteiger partial charge in [-0.3, -0.25) is 14.4 Å². The van der Waals surface area contributed by atoms with Crippen molar-refractivity contribution in [2.75, 3.05) is 0 Å². The third kappa shape index (κ3) is 5.70. The van der Waals surface area contributed by atoms with E-state index in [1.54, 1.807) is 24.3 Å². The molecule has 0 unspecified atom stereocenters. The zero-order valence-corrected chi connectivity index (χ0v) is 17.1. The lowest BCUT2D eigenvalue weighted by Crippen LogP contribution is -2.63. The van der Waals surface area contributed by atoms with Gasteiger partial charge in [-0.1, -0.05) is 48.5 Å². The molecule has 0 saturated carbocycles. The monoisotopic (exact) mass is 434 g/mol. The van der Waals surface area contributed by atoms with Gasteiger partial charge < -0.3 is 21.1 Å². The van der Waals surface area contributed by atoms with Gasteiger partial charge in [0, 0.05) is 12.8 Å². The van der Waals surface area contributed by atoms with Crippen molar-refractivity contribution < 1.29 is 24.3 Å². The molecule has 3 amide bonds. The molecule has 9 heteroatoms. The molecule has 1 heterocycles. The highest BCUT2D eigenvalue weighted by atomic mass is 16.4. The Morgan fingerprint density at radius 1 is 1.00 bits per heavy atom. The number of carbonyl (C=O) groups is 4. The van der Waals surface area contributed by atoms with Gasteiger partial charge in [0.2, 0.25) is 17.7 Å². The van der Waals surface area contributed by atoms with Crippen molar-refractivity contribution in [2.45, 2.75) is 37.4 Å². The quantitative estimate of drug-likeness (QED) is 0.469. The molecule has 164 valence electrons. The number of hydrogen-bond donors (Lipinski definition) is 4. The third-order valence-corrected chi connectivity index (χ3v) is 5.13. The van der Waals surface area contributed by atoms with Crippen molar-refractivity contribution in [1.82, 2.24) is 16.0 Å². The largest absolute Gasteiger partial charge is 0.480 e. The number of nitrogens with zero attached hydrogens (tertiary/aromatic N) is 1. The average Bonchev–Trinajstić information content (AvgIpc) is 2.77. The first-order chi connectivity index (χ1) is 15.4. The normalized spacial score (nSPS) is 18.6. The van der Waals surface area contributed by atoms with Gasteiger partial charge in [-0.25, -0.2) is 4.79 Å². The number of amides is 3. The van der Waals surface area contributed by atoms with Crippen LogP contribution in [0.2, 0.25) is 0 Å². The molecule has 0 spiro atoms. The summed E-state index contributed by atoms with van der Waals surface area (Å²) in [6.45, 7) is 0. The summed E-state index contributed by atoms with van der Waals surface area (Å²) in [4.78, 5) is 48.9. The molecule has 0 aromatic heterocycles. The standard InChI is InChI=1S/C23H22N4O5/c24-13-16-9-5-4-8-15(16)11-19(23(31)32)25-20(28)12-18-22(30)26-17(21(29)27-18)10-14-6-2-1-3-7-14/h1-9,17-19H,10-12H2,(H,25,28)(H,26,30)(H,27,29)(H,31,32)/t17-,18-,19-/m0/s1. The Morgan fingerprint density at radius 3 is 2.31 bits per heavy atom. The van der Waals surface area contributed by atoms with Crippen LogP contribution in [-0.2, 0) is 32.0 Å². The van der Waals surface area contributed by atoms with Crippen LogP contribution in [0.1, 0.15) is 23.1 Å². The molecule has 1 aliphatic heterocycles. The molecule has 1 saturated heterocycles. The van der Waals surface area contributed by atoms with Gasteiger partial charge in [-0.2, -0.15) is 5.26 Å². The SMILES string of the molecule is N#Cc1ccccc1C[C@H](NC(=O)C[C@@H]1NC(=O)[C@H](Cc2ccccc2)NC1=O)C(=O)O. The Kier molecular flexibility index (Phi) is 7.18. The predicted octanol–water partition coefficient (Wildman–Crippen LogP) is 0.286. The van der Waals surface area contributed by atoms with E-state index in [4.69, 9.17) is 5.26 Å². The Hall–Kier alpha value is -4.19. The van der Waals surface area contributed by atoms with Crippen molar-refractivity contribution in [2.24, 2.45) is 0 Å². The van der Waals surface area contributed by atoms with E-state index < -0.39 is 48.2 Å². The lowest BCUT2D eigenvalue weighted by atomic mass is 9.99. The molecular weight excluding hydrogens is 412 g/mol. The van der Waals surface area contributed by atoms with Crippen LogP contribution in [0.5, 0.6) is 0 Å². The zero-order chi connectivity index (χ0) is 23.1. The van der Waals surface area contributed by atoms with Gasteiger partial charge in [0.25, 0.3) is 0 Å². The molecule has 9 nitrogen and oxygen atoms in total. The minimum absolute atomic E-state index is 0.0901. The maximum Gasteiger partial charge on any atom is 0.326 e. The van der Waals surface area contributed by atoms with Gasteiger partial charge in [0.1, 0.15) is 18.1 Å². The number of carboxylic acids is 1. The molecule has 3 rings (SSSR count). The predicted molar refractivity (Wildman–Crippen MR) is 113 cm³/mol. The smallest absolute Gasteiger partial charge is 0.326 e. The van der Waals surface area contributed by atoms with E-state index >= 15 is 0 Å². The summed E-state index contributed by atoms with van der Waals surface area (Å²) in [6.07, 6.45) is -0.177. The Morgan fingerprint density at radius 2 is 1.62 bits per heavy atom. The fourth-order valence-corrected chi connectivity index (χ4v) is 3.48. The van der Waals surface area contributed by atoms with Crippen molar-refractivity contribution in [3.8, 4) is 6.07 Å². The summed E-state index contributed by atoms with van der Waals surface area (Å²) in [5, 5.41) is 26.2. The van der Waals surface area contributed by atoms with Crippen LogP contribution in [0.15, 0.2) is 54.6 Å². The molecule has 2 aromatic carbocycles. The van der Waals surface area contributed by atoms with E-state index in [0.717, 1.165) is 5.56 Å². The summed E-state index contributed by atoms with van der Waals surface area (Å²) in [5.41, 5.74) is 1.68. The Bertz CT molecular complexity index is 1060. The molecule has 0 aliphatic carbocycles. The van der Waals surface area contributed by atoms with Crippen LogP contribution in [0.25, 0.3) is 0 Å². The number of hydrogen-bond acceptors (Lipinski definition) is 5. The molecule has 0 bridgehead atoms. The number of aliphatic carboxylic acids is 1. The summed E-state index contributed by atoms with van der Waals surface area (Å²) < 4.78 is 0. The van der Waals surface area contributed by atoms with Crippen LogP contribution >= 0.6 is 0 Å². The van der Waals surface area contributed by atoms with Gasteiger partial charge in [0.15, 0.2) is 0 Å². The number of carboxylic acid groups (broad SMARTS) is 1. The lowest BCUT2D eigenvalue weighted by molar-refractivity contribution is -0.142. The number of nitriles is 1. The molecule has 2 aromatic rings. The van der Waals surface area contributed by atoms with Crippen LogP contribution in [-0.4, -0.2) is 46.9 Å². The summed E-state index contributed by atoms with van der Waals surface area (Å²) in [7, 11) is 0. The van der Waals surface area contributed by atoms with E-state index in [2.05, 4.69) is 16.0 Å². The maximum atomic E-state index is 12.4. The molecule has 1 fully saturated rings. The van der Waals surface area contributed by atoms with E-state index in [1.807, 2.05) is 36.4 Å². The highest BCUT2D eigenvalue weighted by Crippen LogP contribution is 2.12. The number of nitrogens with one attached hydrogen (secondary N) is 3. The third-order valence-electron chi connectivity index (χ3n) is 5.13. The molecule has 32 heavy (non-hydrogen) atoms. The molecule has 0 radical (unpaired) electrons. The fraction of sp³-hybridized carbons (Fsp3) is 0.261. The lowest BCUT2D eigenvalue weighted by Gasteiger charge is -2.29. The van der Waals surface area contributed by atoms with Crippen LogP contribution in [0.3, 0.4) is 0 Å². The van der Waals surface area contributed by atoms with E-state index in [1.165, 1.54) is 0 Å². The summed E-state index contributed by atoms with van der Waals surface area (Å²) in [5.74, 6) is -2.90. The average molecular weight is 434 g/mol. The number of carbonyl (C=O) groups excluding carboxylic acids is 3. The maximum absolute atomic E-state index is 12.4. The van der Waals surface area contributed by atoms with Gasteiger partial charge in [-0.15, -0.1) is 0 Å². The second-order valence-electron chi connectivity index (χ2n) is 7.45. The topological polar surface area (TPSA) is 148 Å². The summed E-state index contributed by atoms with van der Waals surface area (Å²) >= 11 is 0. The number of benzene rings is 2. The highest BCUT2D eigenvalue weighted by Gasteiger charge is 2.35. The second-order valence-corrected chi connectivity index (χ2v) is 7.45.